The third-order valence-corrected chi connectivity index (χ3v) is 9.17. The minimum Gasteiger partial charge on any atom is -0.0839 e. The Hall–Kier alpha value is -2.60. The zero-order valence-electron chi connectivity index (χ0n) is 19.3. The van der Waals surface area contributed by atoms with Crippen molar-refractivity contribution >= 4 is 11.1 Å². The fourth-order valence-corrected chi connectivity index (χ4v) is 7.31. The Morgan fingerprint density at radius 2 is 1.12 bits per heavy atom. The van der Waals surface area contributed by atoms with E-state index < -0.39 is 0 Å². The van der Waals surface area contributed by atoms with E-state index in [0.29, 0.717) is 23.7 Å². The predicted molar refractivity (Wildman–Crippen MR) is 135 cm³/mol. The molecule has 0 nitrogen and oxygen atoms in total. The second-order valence-corrected chi connectivity index (χ2v) is 10.9. The monoisotopic (exact) mass is 416 g/mol. The molecule has 0 bridgehead atoms. The number of hydrogen-bond acceptors (Lipinski definition) is 0. The summed E-state index contributed by atoms with van der Waals surface area (Å²) < 4.78 is 0. The zero-order valence-corrected chi connectivity index (χ0v) is 19.3. The van der Waals surface area contributed by atoms with Gasteiger partial charge in [0.1, 0.15) is 0 Å². The Kier molecular flexibility index (Phi) is 4.11. The molecule has 6 aliphatic carbocycles. The Bertz CT molecular complexity index is 1240. The first kappa shape index (κ1) is 18.9. The average Bonchev–Trinajstić information content (AvgIpc) is 2.84. The van der Waals surface area contributed by atoms with Gasteiger partial charge in [0, 0.05) is 11.8 Å². The molecule has 4 atom stereocenters. The Labute approximate surface area is 191 Å². The lowest BCUT2D eigenvalue weighted by molar-refractivity contribution is 0.459. The van der Waals surface area contributed by atoms with Crippen molar-refractivity contribution in [3.05, 3.63) is 105 Å². The molecule has 7 rings (SSSR count). The molecular formula is C32H32. The lowest BCUT2D eigenvalue weighted by Crippen LogP contribution is -2.37. The summed E-state index contributed by atoms with van der Waals surface area (Å²) in [7, 11) is 0. The van der Waals surface area contributed by atoms with Crippen molar-refractivity contribution in [2.75, 3.05) is 0 Å². The summed E-state index contributed by atoms with van der Waals surface area (Å²) in [6.45, 7) is 4.73. The van der Waals surface area contributed by atoms with Crippen LogP contribution in [0.1, 0.15) is 75.3 Å². The number of allylic oxidation sites excluding steroid dienone is 12. The largest absolute Gasteiger partial charge is 0.0839 e. The standard InChI is InChI=1S/C32H32/c1-19-11-12-20(2)26-18-32-30-16-24-10-6-4-8-22(24)14-28(30)27-13-21-7-3-5-9-23(21)15-29(27)31(32)17-25(19)26/h3-8,13-14,17-18,23-24,29-30H,9-12,15-16H2,1-2H3. The number of fused-ring (bicyclic) bond motifs is 9. The molecule has 0 amide bonds. The third-order valence-electron chi connectivity index (χ3n) is 9.17. The highest BCUT2D eigenvalue weighted by Crippen LogP contribution is 2.56. The van der Waals surface area contributed by atoms with Crippen molar-refractivity contribution in [1.29, 1.82) is 0 Å². The van der Waals surface area contributed by atoms with Crippen LogP contribution < -0.4 is 10.4 Å². The van der Waals surface area contributed by atoms with Gasteiger partial charge in [0.15, 0.2) is 0 Å². The van der Waals surface area contributed by atoms with Gasteiger partial charge < -0.3 is 0 Å². The van der Waals surface area contributed by atoms with Crippen molar-refractivity contribution in [3.63, 3.8) is 0 Å². The van der Waals surface area contributed by atoms with Crippen molar-refractivity contribution < 1.29 is 0 Å². The van der Waals surface area contributed by atoms with E-state index in [9.17, 15) is 0 Å². The second-order valence-electron chi connectivity index (χ2n) is 10.9. The van der Waals surface area contributed by atoms with E-state index >= 15 is 0 Å². The molecular weight excluding hydrogens is 384 g/mol. The molecule has 0 aliphatic heterocycles. The van der Waals surface area contributed by atoms with Crippen LogP contribution in [0.5, 0.6) is 0 Å². The van der Waals surface area contributed by atoms with E-state index in [4.69, 9.17) is 0 Å². The maximum atomic E-state index is 2.64. The van der Waals surface area contributed by atoms with Crippen LogP contribution in [0.15, 0.2) is 83.0 Å². The van der Waals surface area contributed by atoms with E-state index in [-0.39, 0.29) is 0 Å². The van der Waals surface area contributed by atoms with E-state index in [2.05, 4.69) is 74.6 Å². The lowest BCUT2D eigenvalue weighted by Gasteiger charge is -2.45. The van der Waals surface area contributed by atoms with Crippen LogP contribution in [0.3, 0.4) is 0 Å². The molecule has 0 spiro atoms. The van der Waals surface area contributed by atoms with E-state index in [0.717, 1.165) is 0 Å². The number of benzene rings is 1. The maximum absolute atomic E-state index is 2.64. The number of rotatable bonds is 0. The molecule has 0 saturated carbocycles. The summed E-state index contributed by atoms with van der Waals surface area (Å²) in [4.78, 5) is 0. The van der Waals surface area contributed by atoms with Gasteiger partial charge in [-0.15, -0.1) is 0 Å². The molecule has 1 aromatic rings. The first-order valence-corrected chi connectivity index (χ1v) is 12.7. The lowest BCUT2D eigenvalue weighted by atomic mass is 9.59. The molecule has 6 aliphatic rings. The van der Waals surface area contributed by atoms with Crippen molar-refractivity contribution in [3.8, 4) is 0 Å². The van der Waals surface area contributed by atoms with Crippen LogP contribution >= 0.6 is 0 Å². The molecule has 32 heavy (non-hydrogen) atoms. The van der Waals surface area contributed by atoms with Crippen molar-refractivity contribution in [2.45, 2.75) is 64.2 Å². The Balaban J connectivity index is 1.52. The fourth-order valence-electron chi connectivity index (χ4n) is 7.31. The molecule has 0 saturated heterocycles. The zero-order chi connectivity index (χ0) is 21.4. The van der Waals surface area contributed by atoms with Crippen LogP contribution in [0.4, 0.5) is 0 Å². The van der Waals surface area contributed by atoms with Gasteiger partial charge in [0.2, 0.25) is 0 Å². The van der Waals surface area contributed by atoms with E-state index in [1.165, 1.54) is 38.5 Å². The summed E-state index contributed by atoms with van der Waals surface area (Å²) in [5, 5.41) is 3.09. The summed E-state index contributed by atoms with van der Waals surface area (Å²) in [5.74, 6) is 2.47. The first-order valence-electron chi connectivity index (χ1n) is 12.7. The van der Waals surface area contributed by atoms with Gasteiger partial charge in [-0.1, -0.05) is 71.9 Å². The van der Waals surface area contributed by atoms with E-state index in [1.807, 2.05) is 0 Å². The summed E-state index contributed by atoms with van der Waals surface area (Å²) in [6, 6.07) is 5.27. The fraction of sp³-hybridized carbons (Fsp3) is 0.375. The molecule has 0 heterocycles. The molecule has 0 radical (unpaired) electrons. The molecule has 160 valence electrons. The molecule has 0 fully saturated rings. The molecule has 4 unspecified atom stereocenters. The highest BCUT2D eigenvalue weighted by molar-refractivity contribution is 5.65. The molecule has 0 aromatic heterocycles. The first-order chi connectivity index (χ1) is 15.7. The molecule has 0 N–H and O–H groups in total. The quantitative estimate of drug-likeness (QED) is 0.443. The van der Waals surface area contributed by atoms with Crippen molar-refractivity contribution in [2.24, 2.45) is 11.8 Å². The van der Waals surface area contributed by atoms with E-state index in [1.54, 1.807) is 55.0 Å². The SMILES string of the molecule is CC1=c2cc3c(cc2=C(C)CC1)C1CC2CC=CC=C2C=C1C1=CC2=CC=CCC2CC13. The van der Waals surface area contributed by atoms with Crippen LogP contribution in [-0.2, 0) is 0 Å². The predicted octanol–water partition coefficient (Wildman–Crippen LogP) is 6.67. The van der Waals surface area contributed by atoms with Crippen molar-refractivity contribution in [1.82, 2.24) is 0 Å². The topological polar surface area (TPSA) is 0 Å². The second kappa shape index (κ2) is 6.95. The summed E-state index contributed by atoms with van der Waals surface area (Å²) in [6.07, 6.45) is 26.6. The van der Waals surface area contributed by atoms with Gasteiger partial charge >= 0.3 is 0 Å². The highest BCUT2D eigenvalue weighted by atomic mass is 14.5. The van der Waals surface area contributed by atoms with Gasteiger partial charge in [-0.05, 0) is 108 Å². The van der Waals surface area contributed by atoms with Gasteiger partial charge in [0.25, 0.3) is 0 Å². The van der Waals surface area contributed by atoms with Gasteiger partial charge in [-0.3, -0.25) is 0 Å². The Morgan fingerprint density at radius 3 is 1.59 bits per heavy atom. The normalized spacial score (nSPS) is 31.7. The van der Waals surface area contributed by atoms with Crippen LogP contribution in [-0.4, -0.2) is 0 Å². The highest BCUT2D eigenvalue weighted by Gasteiger charge is 2.42. The minimum absolute atomic E-state index is 0.553. The van der Waals surface area contributed by atoms with Gasteiger partial charge in [-0.2, -0.15) is 0 Å². The number of hydrogen-bond donors (Lipinski definition) is 0. The minimum atomic E-state index is 0.553. The summed E-state index contributed by atoms with van der Waals surface area (Å²) in [5.41, 5.74) is 12.9. The van der Waals surface area contributed by atoms with Crippen LogP contribution in [0, 0.1) is 11.8 Å². The smallest absolute Gasteiger partial charge is 0.0101 e. The third kappa shape index (κ3) is 2.68. The summed E-state index contributed by atoms with van der Waals surface area (Å²) >= 11 is 0. The van der Waals surface area contributed by atoms with Crippen LogP contribution in [0.2, 0.25) is 0 Å². The van der Waals surface area contributed by atoms with Gasteiger partial charge in [0.05, 0.1) is 0 Å². The molecule has 0 heteroatoms. The van der Waals surface area contributed by atoms with Crippen LogP contribution in [0.25, 0.3) is 11.1 Å². The maximum Gasteiger partial charge on any atom is 0.0101 e. The van der Waals surface area contributed by atoms with Gasteiger partial charge in [-0.25, -0.2) is 0 Å². The Morgan fingerprint density at radius 1 is 0.656 bits per heavy atom. The molecule has 1 aromatic carbocycles. The average molecular weight is 417 g/mol.